The molecule has 2 aromatic heterocycles. The fraction of sp³-hybridized carbons (Fsp3) is 0.231. The van der Waals surface area contributed by atoms with Gasteiger partial charge in [0, 0.05) is 23.0 Å². The zero-order chi connectivity index (χ0) is 23.9. The van der Waals surface area contributed by atoms with Crippen LogP contribution in [0.5, 0.6) is 11.5 Å². The summed E-state index contributed by atoms with van der Waals surface area (Å²) in [5.41, 5.74) is 2.26. The summed E-state index contributed by atoms with van der Waals surface area (Å²) in [6, 6.07) is 19.0. The van der Waals surface area contributed by atoms with E-state index in [1.165, 1.54) is 0 Å². The van der Waals surface area contributed by atoms with E-state index in [2.05, 4.69) is 10.3 Å². The lowest BCUT2D eigenvalue weighted by atomic mass is 10.1. The molecule has 2 heterocycles. The largest absolute Gasteiger partial charge is 0.497 e. The molecule has 4 rings (SSSR count). The van der Waals surface area contributed by atoms with Crippen LogP contribution in [0.1, 0.15) is 23.8 Å². The molecule has 0 aliphatic carbocycles. The van der Waals surface area contributed by atoms with Crippen LogP contribution in [0.2, 0.25) is 0 Å². The number of aromatic nitrogens is 1. The minimum atomic E-state index is -0.148. The van der Waals surface area contributed by atoms with Crippen molar-refractivity contribution >= 4 is 28.2 Å². The summed E-state index contributed by atoms with van der Waals surface area (Å²) in [4.78, 5) is 17.8. The van der Waals surface area contributed by atoms with Gasteiger partial charge < -0.3 is 29.1 Å². The molecule has 0 unspecified atom stereocenters. The van der Waals surface area contributed by atoms with Gasteiger partial charge in [0.15, 0.2) is 5.11 Å². The Bertz CT molecular complexity index is 1300. The lowest BCUT2D eigenvalue weighted by Gasteiger charge is -2.26. The number of H-pyrrole nitrogens is 1. The highest BCUT2D eigenvalue weighted by Gasteiger charge is 2.15. The topological polar surface area (TPSA) is 79.7 Å². The first-order valence-corrected chi connectivity index (χ1v) is 11.4. The van der Waals surface area contributed by atoms with Crippen molar-refractivity contribution in [2.45, 2.75) is 26.6 Å². The van der Waals surface area contributed by atoms with Crippen LogP contribution in [0.25, 0.3) is 10.9 Å². The number of furan rings is 1. The number of nitrogens with zero attached hydrogens (tertiary/aromatic N) is 1. The zero-order valence-corrected chi connectivity index (χ0v) is 20.0. The molecule has 4 aromatic rings. The number of nitrogens with one attached hydrogen (secondary N) is 2. The number of thiocarbonyl (C=S) groups is 1. The van der Waals surface area contributed by atoms with Gasteiger partial charge in [0.25, 0.3) is 5.56 Å². The number of methoxy groups -OCH3 is 1. The summed E-state index contributed by atoms with van der Waals surface area (Å²) in [6.07, 6.45) is 1.63. The normalized spacial score (nSPS) is 10.8. The Morgan fingerprint density at radius 1 is 1.09 bits per heavy atom. The molecule has 2 aromatic carbocycles. The molecule has 34 heavy (non-hydrogen) atoms. The summed E-state index contributed by atoms with van der Waals surface area (Å²) in [6.45, 7) is 3.82. The molecule has 176 valence electrons. The number of pyridine rings is 1. The van der Waals surface area contributed by atoms with E-state index in [1.54, 1.807) is 13.4 Å². The average Bonchev–Trinajstić information content (AvgIpc) is 3.37. The van der Waals surface area contributed by atoms with E-state index >= 15 is 0 Å². The minimum Gasteiger partial charge on any atom is -0.497 e. The van der Waals surface area contributed by atoms with Gasteiger partial charge in [-0.1, -0.05) is 12.1 Å². The van der Waals surface area contributed by atoms with Crippen LogP contribution in [0.3, 0.4) is 0 Å². The lowest BCUT2D eigenvalue weighted by molar-refractivity contribution is 0.340. The van der Waals surface area contributed by atoms with E-state index in [9.17, 15) is 4.79 Å². The van der Waals surface area contributed by atoms with Crippen molar-refractivity contribution in [2.24, 2.45) is 0 Å². The van der Waals surface area contributed by atoms with Gasteiger partial charge in [0.05, 0.1) is 33.1 Å². The van der Waals surface area contributed by atoms with Crippen molar-refractivity contribution in [3.05, 3.63) is 94.2 Å². The van der Waals surface area contributed by atoms with Gasteiger partial charge in [0.1, 0.15) is 17.3 Å². The number of rotatable bonds is 9. The number of hydrogen-bond donors (Lipinski definition) is 2. The van der Waals surface area contributed by atoms with Gasteiger partial charge in [-0.05, 0) is 73.2 Å². The Labute approximate surface area is 203 Å². The molecule has 7 nitrogen and oxygen atoms in total. The number of benzene rings is 2. The quantitative estimate of drug-likeness (QED) is 0.341. The first-order valence-electron chi connectivity index (χ1n) is 11.0. The predicted octanol–water partition coefficient (Wildman–Crippen LogP) is 4.61. The summed E-state index contributed by atoms with van der Waals surface area (Å²) in [5.74, 6) is 2.32. The second kappa shape index (κ2) is 10.9. The van der Waals surface area contributed by atoms with Crippen LogP contribution in [-0.2, 0) is 19.6 Å². The third kappa shape index (κ3) is 5.77. The summed E-state index contributed by atoms with van der Waals surface area (Å²) in [5, 5.41) is 4.66. The monoisotopic (exact) mass is 477 g/mol. The highest BCUT2D eigenvalue weighted by molar-refractivity contribution is 7.80. The van der Waals surface area contributed by atoms with Gasteiger partial charge in [-0.2, -0.15) is 0 Å². The SMILES string of the molecule is CCOc1ccc2[nH]c(=O)c(CN(Cc3ccc(OC)cc3)C(=S)NCc3ccco3)cc2c1. The number of aromatic amines is 1. The van der Waals surface area contributed by atoms with Crippen molar-refractivity contribution in [1.29, 1.82) is 0 Å². The number of hydrogen-bond acceptors (Lipinski definition) is 5. The van der Waals surface area contributed by atoms with E-state index < -0.39 is 0 Å². The Kier molecular flexibility index (Phi) is 7.49. The Morgan fingerprint density at radius 2 is 1.88 bits per heavy atom. The molecule has 0 radical (unpaired) electrons. The molecule has 0 spiro atoms. The van der Waals surface area contributed by atoms with E-state index in [0.717, 1.165) is 33.7 Å². The molecule has 0 atom stereocenters. The van der Waals surface area contributed by atoms with Gasteiger partial charge in [-0.25, -0.2) is 0 Å². The molecule has 0 saturated heterocycles. The van der Waals surface area contributed by atoms with Crippen molar-refractivity contribution in [2.75, 3.05) is 13.7 Å². The fourth-order valence-electron chi connectivity index (χ4n) is 3.65. The smallest absolute Gasteiger partial charge is 0.253 e. The molecule has 0 aliphatic rings. The van der Waals surface area contributed by atoms with Gasteiger partial charge in [-0.15, -0.1) is 0 Å². The highest BCUT2D eigenvalue weighted by atomic mass is 32.1. The van der Waals surface area contributed by atoms with E-state index in [1.807, 2.05) is 72.5 Å². The molecule has 0 amide bonds. The molecule has 0 saturated carbocycles. The maximum Gasteiger partial charge on any atom is 0.253 e. The van der Waals surface area contributed by atoms with Gasteiger partial charge in [-0.3, -0.25) is 4.79 Å². The third-order valence-electron chi connectivity index (χ3n) is 5.38. The van der Waals surface area contributed by atoms with E-state index in [4.69, 9.17) is 26.1 Å². The molecule has 0 aliphatic heterocycles. The molecule has 0 bridgehead atoms. The highest BCUT2D eigenvalue weighted by Crippen LogP contribution is 2.20. The first kappa shape index (κ1) is 23.4. The summed E-state index contributed by atoms with van der Waals surface area (Å²) >= 11 is 5.71. The van der Waals surface area contributed by atoms with Gasteiger partial charge in [0.2, 0.25) is 0 Å². The Hall–Kier alpha value is -3.78. The van der Waals surface area contributed by atoms with Crippen LogP contribution in [0, 0.1) is 0 Å². The van der Waals surface area contributed by atoms with Crippen LogP contribution < -0.4 is 20.3 Å². The van der Waals surface area contributed by atoms with Crippen LogP contribution in [0.4, 0.5) is 0 Å². The molecule has 2 N–H and O–H groups in total. The molecular weight excluding hydrogens is 450 g/mol. The Morgan fingerprint density at radius 3 is 2.59 bits per heavy atom. The van der Waals surface area contributed by atoms with Gasteiger partial charge >= 0.3 is 0 Å². The second-order valence-electron chi connectivity index (χ2n) is 7.75. The maximum absolute atomic E-state index is 12.9. The first-order chi connectivity index (χ1) is 16.6. The zero-order valence-electron chi connectivity index (χ0n) is 19.2. The molecule has 8 heteroatoms. The maximum atomic E-state index is 12.9. The van der Waals surface area contributed by atoms with Crippen LogP contribution in [0.15, 0.2) is 76.1 Å². The predicted molar refractivity (Wildman–Crippen MR) is 136 cm³/mol. The van der Waals surface area contributed by atoms with Crippen molar-refractivity contribution in [3.8, 4) is 11.5 Å². The van der Waals surface area contributed by atoms with Crippen LogP contribution in [-0.4, -0.2) is 28.7 Å². The van der Waals surface area contributed by atoms with E-state index in [-0.39, 0.29) is 5.56 Å². The average molecular weight is 478 g/mol. The molecular formula is C26H27N3O4S. The third-order valence-corrected chi connectivity index (χ3v) is 5.78. The Balaban J connectivity index is 1.60. The van der Waals surface area contributed by atoms with Crippen LogP contribution >= 0.6 is 12.2 Å². The number of fused-ring (bicyclic) bond motifs is 1. The second-order valence-corrected chi connectivity index (χ2v) is 8.13. The number of ether oxygens (including phenoxy) is 2. The fourth-order valence-corrected chi connectivity index (χ4v) is 3.85. The standard InChI is InChI=1S/C26H27N3O4S/c1-3-32-22-10-11-24-19(14-22)13-20(25(30)28-24)17-29(16-18-6-8-21(31-2)9-7-18)26(34)27-15-23-5-4-12-33-23/h4-14H,3,15-17H2,1-2H3,(H,27,34)(H,28,30). The van der Waals surface area contributed by atoms with Crippen molar-refractivity contribution in [3.63, 3.8) is 0 Å². The summed E-state index contributed by atoms with van der Waals surface area (Å²) < 4.78 is 16.3. The lowest BCUT2D eigenvalue weighted by Crippen LogP contribution is -2.39. The van der Waals surface area contributed by atoms with E-state index in [0.29, 0.717) is 36.9 Å². The summed E-state index contributed by atoms with van der Waals surface area (Å²) in [7, 11) is 1.64. The minimum absolute atomic E-state index is 0.148. The van der Waals surface area contributed by atoms with Crippen molar-refractivity contribution < 1.29 is 13.9 Å². The van der Waals surface area contributed by atoms with Crippen molar-refractivity contribution in [1.82, 2.24) is 15.2 Å². The molecule has 0 fully saturated rings.